The van der Waals surface area contributed by atoms with Gasteiger partial charge < -0.3 is 20.1 Å². The van der Waals surface area contributed by atoms with Crippen molar-refractivity contribution >= 4 is 17.4 Å². The summed E-state index contributed by atoms with van der Waals surface area (Å²) in [5, 5.41) is 23.3. The molecule has 3 aromatic rings. The molecule has 1 aliphatic heterocycles. The number of aromatic nitrogens is 1. The Hall–Kier alpha value is -3.41. The number of β-amino-alcohol motifs (C(OH)–C–C–N with tert-alkyl or cyclic N) is 1. The smallest absolute Gasteiger partial charge is 0.317 e. The summed E-state index contributed by atoms with van der Waals surface area (Å²) in [5.41, 5.74) is 4.91. The number of nitrogens with zero attached hydrogens (tertiary/aromatic N) is 3. The van der Waals surface area contributed by atoms with Gasteiger partial charge in [-0.15, -0.1) is 11.3 Å². The first-order valence-electron chi connectivity index (χ1n) is 12.0. The second-order valence-electron chi connectivity index (χ2n) is 9.32. The summed E-state index contributed by atoms with van der Waals surface area (Å²) in [4.78, 5) is 20.1. The average Bonchev–Trinajstić information content (AvgIpc) is 3.59. The Bertz CT molecular complexity index is 1300. The highest BCUT2D eigenvalue weighted by atomic mass is 32.1. The molecule has 0 saturated carbocycles. The van der Waals surface area contributed by atoms with Crippen molar-refractivity contribution in [1.29, 1.82) is 5.26 Å². The molecule has 5 rings (SSSR count). The molecular weight excluding hydrogens is 460 g/mol. The van der Waals surface area contributed by atoms with Crippen molar-refractivity contribution in [3.05, 3.63) is 59.3 Å². The topological polar surface area (TPSA) is 98.5 Å². The predicted octanol–water partition coefficient (Wildman–Crippen LogP) is 4.90. The lowest BCUT2D eigenvalue weighted by Crippen LogP contribution is -2.40. The Kier molecular flexibility index (Phi) is 6.46. The molecule has 2 unspecified atom stereocenters. The first kappa shape index (κ1) is 23.3. The molecule has 2 N–H and O–H groups in total. The number of carbonyl (C=O) groups is 1. The maximum atomic E-state index is 12.7. The van der Waals surface area contributed by atoms with E-state index in [0.29, 0.717) is 30.8 Å². The molecule has 2 aliphatic rings. The summed E-state index contributed by atoms with van der Waals surface area (Å²) >= 11 is 1.60. The molecule has 1 aliphatic carbocycles. The van der Waals surface area contributed by atoms with Gasteiger partial charge in [-0.2, -0.15) is 5.26 Å². The normalized spacial score (nSPS) is 19.0. The summed E-state index contributed by atoms with van der Waals surface area (Å²) in [7, 11) is 0. The number of aliphatic hydroxyl groups excluding tert-OH is 1. The van der Waals surface area contributed by atoms with Crippen LogP contribution in [-0.2, 0) is 6.42 Å². The Labute approximate surface area is 209 Å². The van der Waals surface area contributed by atoms with E-state index in [2.05, 4.69) is 28.5 Å². The van der Waals surface area contributed by atoms with Crippen molar-refractivity contribution < 1.29 is 14.6 Å². The number of amides is 2. The van der Waals surface area contributed by atoms with Gasteiger partial charge in [0.1, 0.15) is 16.8 Å². The van der Waals surface area contributed by atoms with Crippen molar-refractivity contribution in [1.82, 2.24) is 15.2 Å². The van der Waals surface area contributed by atoms with Crippen LogP contribution in [0, 0.1) is 11.3 Å². The van der Waals surface area contributed by atoms with Gasteiger partial charge in [0.2, 0.25) is 0 Å². The van der Waals surface area contributed by atoms with E-state index in [4.69, 9.17) is 4.74 Å². The van der Waals surface area contributed by atoms with Gasteiger partial charge in [-0.05, 0) is 68.0 Å². The van der Waals surface area contributed by atoms with Crippen LogP contribution in [0.5, 0.6) is 5.75 Å². The number of nitriles is 1. The molecule has 0 bridgehead atoms. The lowest BCUT2D eigenvalue weighted by atomic mass is 10.0. The Morgan fingerprint density at radius 3 is 2.91 bits per heavy atom. The van der Waals surface area contributed by atoms with Crippen LogP contribution in [0.2, 0.25) is 0 Å². The number of carbonyl (C=O) groups excluding carboxylic acids is 1. The number of fused-ring (bicyclic) bond motifs is 1. The highest BCUT2D eigenvalue weighted by molar-refractivity contribution is 7.18. The molecular formula is C27H28N4O3S. The van der Waals surface area contributed by atoms with Gasteiger partial charge in [0, 0.05) is 24.8 Å². The number of likely N-dealkylation sites (tertiary alicyclic amines) is 1. The molecule has 0 spiro atoms. The molecule has 2 heterocycles. The first-order valence-corrected chi connectivity index (χ1v) is 12.8. The summed E-state index contributed by atoms with van der Waals surface area (Å²) in [6, 6.07) is 13.9. The standard InChI is InChI=1S/C27H28N4O3S/c1-16(2)34-24-9-6-17(12-18(24)13-28)26-29-14-25(35-26)22-5-3-4-21-20(22)7-8-23(21)30-27(33)31-11-10-19(32)15-31/h3-6,9,12,14,16,19,23,32H,7-8,10-11,15H2,1-2H3,(H,30,33). The third-order valence-electron chi connectivity index (χ3n) is 6.50. The Morgan fingerprint density at radius 1 is 1.31 bits per heavy atom. The van der Waals surface area contributed by atoms with Crippen LogP contribution >= 0.6 is 11.3 Å². The highest BCUT2D eigenvalue weighted by Crippen LogP contribution is 2.41. The van der Waals surface area contributed by atoms with Crippen molar-refractivity contribution in [2.75, 3.05) is 13.1 Å². The molecule has 2 atom stereocenters. The van der Waals surface area contributed by atoms with Crippen molar-refractivity contribution in [2.24, 2.45) is 0 Å². The summed E-state index contributed by atoms with van der Waals surface area (Å²) < 4.78 is 5.74. The zero-order valence-electron chi connectivity index (χ0n) is 19.8. The lowest BCUT2D eigenvalue weighted by molar-refractivity contribution is 0.170. The number of rotatable bonds is 5. The SMILES string of the molecule is CC(C)Oc1ccc(-c2ncc(-c3cccc4c3CCC4NC(=O)N3CCC(O)C3)s2)cc1C#N. The van der Waals surface area contributed by atoms with Crippen molar-refractivity contribution in [2.45, 2.75) is 51.4 Å². The molecule has 1 fully saturated rings. The van der Waals surface area contributed by atoms with Crippen molar-refractivity contribution in [3.8, 4) is 32.8 Å². The number of hydrogen-bond donors (Lipinski definition) is 2. The Balaban J connectivity index is 1.37. The number of ether oxygens (including phenoxy) is 1. The van der Waals surface area contributed by atoms with Gasteiger partial charge in [-0.1, -0.05) is 18.2 Å². The lowest BCUT2D eigenvalue weighted by Gasteiger charge is -2.21. The van der Waals surface area contributed by atoms with Crippen LogP contribution < -0.4 is 10.1 Å². The summed E-state index contributed by atoms with van der Waals surface area (Å²) in [6.07, 6.45) is 3.82. The molecule has 0 radical (unpaired) electrons. The minimum Gasteiger partial charge on any atom is -0.490 e. The number of thiazole rings is 1. The van der Waals surface area contributed by atoms with E-state index >= 15 is 0 Å². The fraction of sp³-hybridized carbons (Fsp3) is 0.370. The van der Waals surface area contributed by atoms with Crippen LogP contribution in [0.1, 0.15) is 49.4 Å². The van der Waals surface area contributed by atoms with E-state index in [1.54, 1.807) is 16.2 Å². The van der Waals surface area contributed by atoms with Gasteiger partial charge in [-0.3, -0.25) is 0 Å². The molecule has 2 amide bonds. The van der Waals surface area contributed by atoms with E-state index in [9.17, 15) is 15.2 Å². The van der Waals surface area contributed by atoms with E-state index in [0.717, 1.165) is 39.4 Å². The molecule has 1 aromatic heterocycles. The van der Waals surface area contributed by atoms with Gasteiger partial charge in [0.05, 0.1) is 28.7 Å². The average molecular weight is 489 g/mol. The van der Waals surface area contributed by atoms with Crippen molar-refractivity contribution in [3.63, 3.8) is 0 Å². The van der Waals surface area contributed by atoms with Gasteiger partial charge >= 0.3 is 6.03 Å². The fourth-order valence-corrected chi connectivity index (χ4v) is 5.81. The quantitative estimate of drug-likeness (QED) is 0.532. The second-order valence-corrected chi connectivity index (χ2v) is 10.4. The molecule has 8 heteroatoms. The largest absolute Gasteiger partial charge is 0.490 e. The Morgan fingerprint density at radius 2 is 2.17 bits per heavy atom. The summed E-state index contributed by atoms with van der Waals surface area (Å²) in [6.45, 7) is 4.86. The maximum absolute atomic E-state index is 12.7. The van der Waals surface area contributed by atoms with Gasteiger partial charge in [0.15, 0.2) is 0 Å². The summed E-state index contributed by atoms with van der Waals surface area (Å²) in [5.74, 6) is 0.584. The molecule has 35 heavy (non-hydrogen) atoms. The number of aliphatic hydroxyl groups is 1. The zero-order valence-corrected chi connectivity index (χ0v) is 20.6. The third kappa shape index (κ3) is 4.75. The minimum absolute atomic E-state index is 0.00449. The molecule has 1 saturated heterocycles. The predicted molar refractivity (Wildman–Crippen MR) is 135 cm³/mol. The number of urea groups is 1. The minimum atomic E-state index is -0.424. The van der Waals surface area contributed by atoms with Crippen LogP contribution in [0.3, 0.4) is 0 Å². The number of benzene rings is 2. The van der Waals surface area contributed by atoms with Gasteiger partial charge in [-0.25, -0.2) is 9.78 Å². The number of nitrogens with one attached hydrogen (secondary N) is 1. The number of hydrogen-bond acceptors (Lipinski definition) is 6. The second kappa shape index (κ2) is 9.68. The maximum Gasteiger partial charge on any atom is 0.317 e. The van der Waals surface area contributed by atoms with Gasteiger partial charge in [0.25, 0.3) is 0 Å². The molecule has 2 aromatic carbocycles. The van der Waals surface area contributed by atoms with E-state index < -0.39 is 6.10 Å². The molecule has 7 nitrogen and oxygen atoms in total. The van der Waals surface area contributed by atoms with Crippen LogP contribution in [0.15, 0.2) is 42.6 Å². The van der Waals surface area contributed by atoms with Crippen LogP contribution in [0.4, 0.5) is 4.79 Å². The van der Waals surface area contributed by atoms with E-state index in [1.165, 1.54) is 5.56 Å². The van der Waals surface area contributed by atoms with E-state index in [-0.39, 0.29) is 18.2 Å². The zero-order chi connectivity index (χ0) is 24.5. The fourth-order valence-electron chi connectivity index (χ4n) is 4.84. The van der Waals surface area contributed by atoms with Crippen LogP contribution in [-0.4, -0.2) is 46.3 Å². The first-order chi connectivity index (χ1) is 16.9. The van der Waals surface area contributed by atoms with Crippen LogP contribution in [0.25, 0.3) is 21.0 Å². The molecule has 180 valence electrons. The highest BCUT2D eigenvalue weighted by Gasteiger charge is 2.30. The third-order valence-corrected chi connectivity index (χ3v) is 7.58. The van der Waals surface area contributed by atoms with E-state index in [1.807, 2.05) is 44.3 Å². The monoisotopic (exact) mass is 488 g/mol.